The van der Waals surface area contributed by atoms with Crippen molar-refractivity contribution < 1.29 is 4.79 Å². The highest BCUT2D eigenvalue weighted by atomic mass is 32.2. The van der Waals surface area contributed by atoms with Crippen LogP contribution in [0.15, 0.2) is 5.16 Å². The number of amides is 1. The van der Waals surface area contributed by atoms with E-state index in [2.05, 4.69) is 53.8 Å². The molecule has 2 aromatic rings. The maximum absolute atomic E-state index is 12.5. The van der Waals surface area contributed by atoms with E-state index in [0.29, 0.717) is 10.6 Å². The Morgan fingerprint density at radius 2 is 2.04 bits per heavy atom. The zero-order valence-electron chi connectivity index (χ0n) is 16.2. The second-order valence-electron chi connectivity index (χ2n) is 7.32. The zero-order chi connectivity index (χ0) is 19.6. The normalized spacial score (nSPS) is 13.7. The van der Waals surface area contributed by atoms with E-state index >= 15 is 0 Å². The number of thioether (sulfide) groups is 1. The van der Waals surface area contributed by atoms with Crippen LogP contribution in [0.25, 0.3) is 0 Å². The molecule has 3 rings (SSSR count). The van der Waals surface area contributed by atoms with E-state index in [1.54, 1.807) is 11.3 Å². The van der Waals surface area contributed by atoms with E-state index in [4.69, 9.17) is 0 Å². The smallest absolute Gasteiger partial charge is 0.235 e. The number of hydrogen-bond donors (Lipinski definition) is 1. The first kappa shape index (κ1) is 19.9. The number of nitriles is 1. The molecule has 0 fully saturated rings. The van der Waals surface area contributed by atoms with Crippen molar-refractivity contribution >= 4 is 34.0 Å². The second kappa shape index (κ2) is 8.44. The fraction of sp³-hybridized carbons (Fsp3) is 0.579. The van der Waals surface area contributed by atoms with Crippen molar-refractivity contribution in [3.05, 3.63) is 21.8 Å². The Hall–Kier alpha value is -1.85. The minimum absolute atomic E-state index is 0.112. The average Bonchev–Trinajstić information content (AvgIpc) is 3.20. The first-order chi connectivity index (χ1) is 12.9. The van der Waals surface area contributed by atoms with Crippen molar-refractivity contribution in [3.63, 3.8) is 0 Å². The second-order valence-corrected chi connectivity index (χ2v) is 9.37. The molecule has 27 heavy (non-hydrogen) atoms. The van der Waals surface area contributed by atoms with Gasteiger partial charge < -0.3 is 9.88 Å². The van der Waals surface area contributed by atoms with Crippen molar-refractivity contribution in [3.8, 4) is 6.07 Å². The molecule has 1 amide bonds. The fourth-order valence-electron chi connectivity index (χ4n) is 3.33. The summed E-state index contributed by atoms with van der Waals surface area (Å²) in [4.78, 5) is 13.7. The first-order valence-electron chi connectivity index (χ1n) is 9.34. The summed E-state index contributed by atoms with van der Waals surface area (Å²) in [5, 5.41) is 22.5. The number of thiophene rings is 1. The van der Waals surface area contributed by atoms with Crippen LogP contribution in [0.4, 0.5) is 5.00 Å². The summed E-state index contributed by atoms with van der Waals surface area (Å²) in [6.45, 7) is 8.36. The van der Waals surface area contributed by atoms with Gasteiger partial charge in [-0.2, -0.15) is 5.26 Å². The molecule has 8 heteroatoms. The van der Waals surface area contributed by atoms with Crippen LogP contribution in [-0.4, -0.2) is 26.4 Å². The summed E-state index contributed by atoms with van der Waals surface area (Å²) < 4.78 is 2.09. The number of fused-ring (bicyclic) bond motifs is 1. The standard InChI is InChI=1S/C19H25N5OS2/c1-11(2)17-22-23-19(24(17)12(3)4)26-10-16(25)21-18-14(9-20)13-7-5-6-8-15(13)27-18/h11-12H,5-8,10H2,1-4H3,(H,21,25). The van der Waals surface area contributed by atoms with Crippen molar-refractivity contribution in [2.24, 2.45) is 0 Å². The zero-order valence-corrected chi connectivity index (χ0v) is 17.8. The topological polar surface area (TPSA) is 83.6 Å². The molecule has 6 nitrogen and oxygen atoms in total. The highest BCUT2D eigenvalue weighted by Gasteiger charge is 2.23. The molecule has 144 valence electrons. The lowest BCUT2D eigenvalue weighted by atomic mass is 9.96. The monoisotopic (exact) mass is 403 g/mol. The van der Waals surface area contributed by atoms with Gasteiger partial charge in [-0.1, -0.05) is 25.6 Å². The lowest BCUT2D eigenvalue weighted by Crippen LogP contribution is -2.15. The van der Waals surface area contributed by atoms with Crippen LogP contribution in [0.5, 0.6) is 0 Å². The van der Waals surface area contributed by atoms with Gasteiger partial charge in [-0.15, -0.1) is 21.5 Å². The lowest BCUT2D eigenvalue weighted by Gasteiger charge is -2.15. The van der Waals surface area contributed by atoms with Crippen molar-refractivity contribution in [1.29, 1.82) is 5.26 Å². The summed E-state index contributed by atoms with van der Waals surface area (Å²) in [5.41, 5.74) is 1.79. The molecule has 2 heterocycles. The van der Waals surface area contributed by atoms with E-state index in [9.17, 15) is 10.1 Å². The van der Waals surface area contributed by atoms with E-state index in [1.807, 2.05) is 0 Å². The van der Waals surface area contributed by atoms with Gasteiger partial charge in [-0.05, 0) is 45.1 Å². The van der Waals surface area contributed by atoms with Crippen LogP contribution < -0.4 is 5.32 Å². The minimum Gasteiger partial charge on any atom is -0.316 e. The number of aromatic nitrogens is 3. The van der Waals surface area contributed by atoms with Gasteiger partial charge in [0.1, 0.15) is 16.9 Å². The van der Waals surface area contributed by atoms with E-state index in [-0.39, 0.29) is 23.6 Å². The minimum atomic E-state index is -0.112. The molecule has 0 aromatic carbocycles. The third kappa shape index (κ3) is 4.19. The Bertz CT molecular complexity index is 876. The number of carbonyl (C=O) groups is 1. The van der Waals surface area contributed by atoms with Gasteiger partial charge in [0.2, 0.25) is 5.91 Å². The summed E-state index contributed by atoms with van der Waals surface area (Å²) in [6, 6.07) is 2.52. The van der Waals surface area contributed by atoms with Gasteiger partial charge in [0.15, 0.2) is 5.16 Å². The summed E-state index contributed by atoms with van der Waals surface area (Å²) in [5.74, 6) is 1.35. The quantitative estimate of drug-likeness (QED) is 0.717. The third-order valence-electron chi connectivity index (χ3n) is 4.59. The molecular weight excluding hydrogens is 378 g/mol. The lowest BCUT2D eigenvalue weighted by molar-refractivity contribution is -0.113. The van der Waals surface area contributed by atoms with Crippen LogP contribution in [0.1, 0.15) is 74.3 Å². The number of rotatable bonds is 6. The molecule has 0 bridgehead atoms. The highest BCUT2D eigenvalue weighted by Crippen LogP contribution is 2.37. The van der Waals surface area contributed by atoms with Gasteiger partial charge in [-0.3, -0.25) is 4.79 Å². The van der Waals surface area contributed by atoms with Crippen LogP contribution in [0.2, 0.25) is 0 Å². The Morgan fingerprint density at radius 1 is 1.30 bits per heavy atom. The van der Waals surface area contributed by atoms with Crippen LogP contribution in [0, 0.1) is 11.3 Å². The average molecular weight is 404 g/mol. The predicted octanol–water partition coefficient (Wildman–Crippen LogP) is 4.53. The molecule has 0 spiro atoms. The summed E-state index contributed by atoms with van der Waals surface area (Å²) in [6.07, 6.45) is 4.22. The number of nitrogens with zero attached hydrogens (tertiary/aromatic N) is 4. The van der Waals surface area contributed by atoms with Crippen LogP contribution in [0.3, 0.4) is 0 Å². The number of aryl methyl sites for hydroxylation is 1. The molecule has 2 aromatic heterocycles. The number of anilines is 1. The molecule has 0 saturated heterocycles. The van der Waals surface area contributed by atoms with Crippen molar-refractivity contribution in [1.82, 2.24) is 14.8 Å². The highest BCUT2D eigenvalue weighted by molar-refractivity contribution is 7.99. The summed E-state index contributed by atoms with van der Waals surface area (Å²) in [7, 11) is 0. The van der Waals surface area contributed by atoms with Crippen LogP contribution in [-0.2, 0) is 17.6 Å². The molecular formula is C19H25N5OS2. The maximum atomic E-state index is 12.5. The Balaban J connectivity index is 1.70. The van der Waals surface area contributed by atoms with Gasteiger partial charge in [0, 0.05) is 16.8 Å². The number of hydrogen-bond acceptors (Lipinski definition) is 6. The Labute approximate surface area is 168 Å². The molecule has 0 unspecified atom stereocenters. The Morgan fingerprint density at radius 3 is 2.70 bits per heavy atom. The molecule has 1 aliphatic carbocycles. The molecule has 1 aliphatic rings. The van der Waals surface area contributed by atoms with Crippen molar-refractivity contribution in [2.75, 3.05) is 11.1 Å². The van der Waals surface area contributed by atoms with Crippen molar-refractivity contribution in [2.45, 2.75) is 70.5 Å². The van der Waals surface area contributed by atoms with Crippen LogP contribution >= 0.6 is 23.1 Å². The van der Waals surface area contributed by atoms with E-state index < -0.39 is 0 Å². The third-order valence-corrected chi connectivity index (χ3v) is 6.74. The molecule has 1 N–H and O–H groups in total. The maximum Gasteiger partial charge on any atom is 0.235 e. The molecule has 0 saturated carbocycles. The number of carbonyl (C=O) groups excluding carboxylic acids is 1. The van der Waals surface area contributed by atoms with E-state index in [0.717, 1.165) is 42.2 Å². The van der Waals surface area contributed by atoms with Gasteiger partial charge in [0.25, 0.3) is 0 Å². The SMILES string of the molecule is CC(C)c1nnc(SCC(=O)Nc2sc3c(c2C#N)CCCC3)n1C(C)C. The summed E-state index contributed by atoms with van der Waals surface area (Å²) >= 11 is 2.94. The first-order valence-corrected chi connectivity index (χ1v) is 11.1. The van der Waals surface area contributed by atoms with Gasteiger partial charge in [-0.25, -0.2) is 0 Å². The van der Waals surface area contributed by atoms with Gasteiger partial charge in [0.05, 0.1) is 11.3 Å². The molecule has 0 radical (unpaired) electrons. The largest absolute Gasteiger partial charge is 0.316 e. The predicted molar refractivity (Wildman–Crippen MR) is 110 cm³/mol. The fourth-order valence-corrected chi connectivity index (χ4v) is 5.46. The molecule has 0 atom stereocenters. The van der Waals surface area contributed by atoms with Gasteiger partial charge >= 0.3 is 0 Å². The van der Waals surface area contributed by atoms with E-state index in [1.165, 1.54) is 16.6 Å². The molecule has 0 aliphatic heterocycles. The number of nitrogens with one attached hydrogen (secondary N) is 1. The Kier molecular flexibility index (Phi) is 6.22.